The third-order valence-corrected chi connectivity index (χ3v) is 5.06. The summed E-state index contributed by atoms with van der Waals surface area (Å²) in [5, 5.41) is 9.85. The van der Waals surface area contributed by atoms with Gasteiger partial charge in [-0.05, 0) is 61.3 Å². The van der Waals surface area contributed by atoms with Crippen LogP contribution in [0, 0.1) is 11.8 Å². The van der Waals surface area contributed by atoms with Crippen molar-refractivity contribution in [2.45, 2.75) is 38.2 Å². The molecule has 3 atom stereocenters. The van der Waals surface area contributed by atoms with E-state index in [1.54, 1.807) is 6.08 Å². The second-order valence-electron chi connectivity index (χ2n) is 6.12. The average Bonchev–Trinajstić information content (AvgIpc) is 2.78. The van der Waals surface area contributed by atoms with Gasteiger partial charge in [-0.25, -0.2) is 0 Å². The molecule has 0 saturated carbocycles. The van der Waals surface area contributed by atoms with Crippen molar-refractivity contribution in [3.63, 3.8) is 0 Å². The molecule has 0 radical (unpaired) electrons. The van der Waals surface area contributed by atoms with Crippen molar-refractivity contribution in [1.29, 1.82) is 0 Å². The van der Waals surface area contributed by atoms with Crippen LogP contribution in [0.1, 0.15) is 32.1 Å². The molecule has 0 spiro atoms. The van der Waals surface area contributed by atoms with Crippen LogP contribution in [-0.2, 0) is 4.79 Å². The van der Waals surface area contributed by atoms with Crippen molar-refractivity contribution in [3.05, 3.63) is 46.6 Å². The first-order valence-electron chi connectivity index (χ1n) is 7.27. The van der Waals surface area contributed by atoms with E-state index in [1.165, 1.54) is 22.3 Å². The highest BCUT2D eigenvalue weighted by atomic mass is 16.3. The van der Waals surface area contributed by atoms with Crippen LogP contribution in [-0.4, -0.2) is 17.0 Å². The molecular formula is C17H18O2. The molecule has 1 N–H and O–H groups in total. The molecule has 0 aromatic rings. The Morgan fingerprint density at radius 3 is 3.00 bits per heavy atom. The SMILES string of the molecule is O=C1C=CC2C(=C1)CCC1=C2CCC2CC(O)C=C12. The van der Waals surface area contributed by atoms with Gasteiger partial charge in [-0.3, -0.25) is 4.79 Å². The lowest BCUT2D eigenvalue weighted by molar-refractivity contribution is -0.110. The van der Waals surface area contributed by atoms with Crippen LogP contribution in [0.2, 0.25) is 0 Å². The number of hydrogen-bond donors (Lipinski definition) is 1. The topological polar surface area (TPSA) is 37.3 Å². The van der Waals surface area contributed by atoms with E-state index in [-0.39, 0.29) is 11.9 Å². The molecule has 98 valence electrons. The fraction of sp³-hybridized carbons (Fsp3) is 0.471. The van der Waals surface area contributed by atoms with Gasteiger partial charge < -0.3 is 5.11 Å². The van der Waals surface area contributed by atoms with Gasteiger partial charge >= 0.3 is 0 Å². The standard InChI is InChI=1S/C17H18O2/c18-12-3-6-14-10(7-12)1-5-16-15(14)4-2-11-8-13(19)9-17(11)16/h3,6-7,9,11,13-14,19H,1-2,4-5,8H2. The van der Waals surface area contributed by atoms with Gasteiger partial charge in [-0.15, -0.1) is 0 Å². The molecule has 19 heavy (non-hydrogen) atoms. The number of rotatable bonds is 0. The zero-order valence-electron chi connectivity index (χ0n) is 10.9. The molecule has 4 aliphatic carbocycles. The molecule has 2 nitrogen and oxygen atoms in total. The van der Waals surface area contributed by atoms with E-state index in [1.807, 2.05) is 6.08 Å². The van der Waals surface area contributed by atoms with Gasteiger partial charge in [0.25, 0.3) is 0 Å². The molecule has 0 aromatic carbocycles. The lowest BCUT2D eigenvalue weighted by atomic mass is 9.68. The van der Waals surface area contributed by atoms with Crippen molar-refractivity contribution >= 4 is 5.78 Å². The fourth-order valence-corrected chi connectivity index (χ4v) is 4.24. The first-order valence-corrected chi connectivity index (χ1v) is 7.27. The Labute approximate surface area is 113 Å². The Kier molecular flexibility index (Phi) is 2.43. The van der Waals surface area contributed by atoms with Crippen molar-refractivity contribution < 1.29 is 9.90 Å². The first-order chi connectivity index (χ1) is 9.22. The number of ketones is 1. The number of fused-ring (bicyclic) bond motifs is 4. The molecular weight excluding hydrogens is 236 g/mol. The van der Waals surface area contributed by atoms with Crippen molar-refractivity contribution in [2.75, 3.05) is 0 Å². The van der Waals surface area contributed by atoms with Gasteiger partial charge in [0.2, 0.25) is 0 Å². The lowest BCUT2D eigenvalue weighted by Crippen LogP contribution is -2.23. The number of aliphatic hydroxyl groups is 1. The predicted molar refractivity (Wildman–Crippen MR) is 73.4 cm³/mol. The Hall–Kier alpha value is -1.41. The highest BCUT2D eigenvalue weighted by Crippen LogP contribution is 2.50. The normalized spacial score (nSPS) is 36.5. The zero-order valence-corrected chi connectivity index (χ0v) is 10.9. The molecule has 0 fully saturated rings. The van der Waals surface area contributed by atoms with Gasteiger partial charge in [-0.1, -0.05) is 23.3 Å². The summed E-state index contributed by atoms with van der Waals surface area (Å²) in [5.74, 6) is 1.08. The minimum Gasteiger partial charge on any atom is -0.389 e. The summed E-state index contributed by atoms with van der Waals surface area (Å²) in [5.41, 5.74) is 5.72. The van der Waals surface area contributed by atoms with Crippen LogP contribution in [0.25, 0.3) is 0 Å². The maximum atomic E-state index is 11.5. The molecule has 4 aliphatic rings. The summed E-state index contributed by atoms with van der Waals surface area (Å²) in [7, 11) is 0. The van der Waals surface area contributed by atoms with E-state index in [2.05, 4.69) is 12.2 Å². The number of carbonyl (C=O) groups is 1. The minimum atomic E-state index is -0.243. The zero-order chi connectivity index (χ0) is 13.0. The number of aliphatic hydroxyl groups excluding tert-OH is 1. The van der Waals surface area contributed by atoms with E-state index in [0.29, 0.717) is 11.8 Å². The molecule has 4 rings (SSSR count). The fourth-order valence-electron chi connectivity index (χ4n) is 4.24. The van der Waals surface area contributed by atoms with Crippen molar-refractivity contribution in [1.82, 2.24) is 0 Å². The summed E-state index contributed by atoms with van der Waals surface area (Å²) in [6, 6.07) is 0. The van der Waals surface area contributed by atoms with Crippen molar-refractivity contribution in [3.8, 4) is 0 Å². The molecule has 0 aliphatic heterocycles. The molecule has 0 heterocycles. The second-order valence-corrected chi connectivity index (χ2v) is 6.12. The summed E-state index contributed by atoms with van der Waals surface area (Å²) in [6.07, 6.45) is 12.7. The second kappa shape index (κ2) is 4.04. The quantitative estimate of drug-likeness (QED) is 0.721. The van der Waals surface area contributed by atoms with Gasteiger partial charge in [0.15, 0.2) is 5.78 Å². The summed E-state index contributed by atoms with van der Waals surface area (Å²) in [6.45, 7) is 0. The third kappa shape index (κ3) is 1.70. The van der Waals surface area contributed by atoms with E-state index >= 15 is 0 Å². The highest BCUT2D eigenvalue weighted by molar-refractivity contribution is 6.01. The van der Waals surface area contributed by atoms with E-state index in [4.69, 9.17) is 0 Å². The first kappa shape index (κ1) is 11.4. The Morgan fingerprint density at radius 2 is 2.11 bits per heavy atom. The van der Waals surface area contributed by atoms with E-state index in [0.717, 1.165) is 32.1 Å². The summed E-state index contributed by atoms with van der Waals surface area (Å²) in [4.78, 5) is 11.5. The molecule has 3 unspecified atom stereocenters. The minimum absolute atomic E-state index is 0.138. The Morgan fingerprint density at radius 1 is 1.21 bits per heavy atom. The summed E-state index contributed by atoms with van der Waals surface area (Å²) < 4.78 is 0. The van der Waals surface area contributed by atoms with Gasteiger partial charge in [0, 0.05) is 5.92 Å². The molecule has 0 amide bonds. The van der Waals surface area contributed by atoms with Crippen LogP contribution >= 0.6 is 0 Å². The monoisotopic (exact) mass is 254 g/mol. The molecule has 2 heteroatoms. The molecule has 0 bridgehead atoms. The van der Waals surface area contributed by atoms with Crippen molar-refractivity contribution in [2.24, 2.45) is 11.8 Å². The average molecular weight is 254 g/mol. The lowest BCUT2D eigenvalue weighted by Gasteiger charge is -2.36. The molecule has 0 aromatic heterocycles. The smallest absolute Gasteiger partial charge is 0.178 e. The number of allylic oxidation sites excluding steroid dienone is 7. The number of hydrogen-bond acceptors (Lipinski definition) is 2. The van der Waals surface area contributed by atoms with E-state index < -0.39 is 0 Å². The predicted octanol–water partition coefficient (Wildman–Crippen LogP) is 2.86. The Bertz CT molecular complexity index is 574. The van der Waals surface area contributed by atoms with Gasteiger partial charge in [-0.2, -0.15) is 0 Å². The van der Waals surface area contributed by atoms with Crippen LogP contribution < -0.4 is 0 Å². The molecule has 0 saturated heterocycles. The van der Waals surface area contributed by atoms with Gasteiger partial charge in [0.1, 0.15) is 0 Å². The van der Waals surface area contributed by atoms with Gasteiger partial charge in [0.05, 0.1) is 6.10 Å². The summed E-state index contributed by atoms with van der Waals surface area (Å²) >= 11 is 0. The van der Waals surface area contributed by atoms with E-state index in [9.17, 15) is 9.90 Å². The van der Waals surface area contributed by atoms with Crippen LogP contribution in [0.15, 0.2) is 46.6 Å². The number of carbonyl (C=O) groups excluding carboxylic acids is 1. The largest absolute Gasteiger partial charge is 0.389 e. The third-order valence-electron chi connectivity index (χ3n) is 5.06. The maximum absolute atomic E-state index is 11.5. The van der Waals surface area contributed by atoms with Crippen LogP contribution in [0.4, 0.5) is 0 Å². The van der Waals surface area contributed by atoms with Crippen LogP contribution in [0.3, 0.4) is 0 Å². The highest BCUT2D eigenvalue weighted by Gasteiger charge is 2.37. The van der Waals surface area contributed by atoms with Crippen LogP contribution in [0.5, 0.6) is 0 Å². The Balaban J connectivity index is 1.78. The maximum Gasteiger partial charge on any atom is 0.178 e.